The summed E-state index contributed by atoms with van der Waals surface area (Å²) < 4.78 is 0. The van der Waals surface area contributed by atoms with Crippen LogP contribution in [0.15, 0.2) is 30.6 Å². The number of benzene rings is 1. The van der Waals surface area contributed by atoms with Crippen LogP contribution in [-0.2, 0) is 5.60 Å². The average molecular weight is 269 g/mol. The van der Waals surface area contributed by atoms with E-state index in [-0.39, 0.29) is 0 Å². The lowest BCUT2D eigenvalue weighted by Gasteiger charge is -2.45. The van der Waals surface area contributed by atoms with E-state index in [1.165, 1.54) is 19.3 Å². The zero-order chi connectivity index (χ0) is 13.6. The highest BCUT2D eigenvalue weighted by molar-refractivity contribution is 5.74. The Hall–Kier alpha value is -1.52. The van der Waals surface area contributed by atoms with Crippen molar-refractivity contribution in [3.63, 3.8) is 0 Å². The second kappa shape index (κ2) is 4.50. The minimum absolute atomic E-state index is 0.449. The maximum atomic E-state index is 11.1. The molecule has 2 fully saturated rings. The number of nitrogens with zero attached hydrogens (tertiary/aromatic N) is 2. The molecule has 104 valence electrons. The van der Waals surface area contributed by atoms with Crippen LogP contribution in [-0.4, -0.2) is 27.2 Å². The van der Waals surface area contributed by atoms with Gasteiger partial charge in [0.05, 0.1) is 16.6 Å². The van der Waals surface area contributed by atoms with Crippen LogP contribution in [0, 0.1) is 0 Å². The van der Waals surface area contributed by atoms with E-state index < -0.39 is 5.60 Å². The molecule has 4 nitrogen and oxygen atoms in total. The monoisotopic (exact) mass is 269 g/mol. The summed E-state index contributed by atoms with van der Waals surface area (Å²) in [5.74, 6) is 0. The van der Waals surface area contributed by atoms with Gasteiger partial charge in [-0.15, -0.1) is 0 Å². The molecule has 0 amide bonds. The van der Waals surface area contributed by atoms with Crippen LogP contribution in [0.25, 0.3) is 11.0 Å². The van der Waals surface area contributed by atoms with Crippen LogP contribution in [0.3, 0.4) is 0 Å². The van der Waals surface area contributed by atoms with E-state index in [0.29, 0.717) is 12.1 Å². The molecule has 2 aliphatic heterocycles. The van der Waals surface area contributed by atoms with E-state index in [2.05, 4.69) is 15.3 Å². The summed E-state index contributed by atoms with van der Waals surface area (Å²) in [5, 5.41) is 14.7. The van der Waals surface area contributed by atoms with Gasteiger partial charge in [-0.2, -0.15) is 0 Å². The maximum absolute atomic E-state index is 11.1. The summed E-state index contributed by atoms with van der Waals surface area (Å²) in [7, 11) is 0. The van der Waals surface area contributed by atoms with Gasteiger partial charge >= 0.3 is 0 Å². The highest BCUT2D eigenvalue weighted by Gasteiger charge is 2.41. The number of rotatable bonds is 1. The van der Waals surface area contributed by atoms with Crippen LogP contribution < -0.4 is 5.32 Å². The summed E-state index contributed by atoms with van der Waals surface area (Å²) in [4.78, 5) is 8.64. The third kappa shape index (κ3) is 2.00. The number of nitrogens with one attached hydrogen (secondary N) is 1. The van der Waals surface area contributed by atoms with E-state index in [9.17, 15) is 5.11 Å². The van der Waals surface area contributed by atoms with Crippen LogP contribution in [0.1, 0.15) is 37.7 Å². The summed E-state index contributed by atoms with van der Waals surface area (Å²) in [5.41, 5.74) is 2.02. The molecule has 4 rings (SSSR count). The van der Waals surface area contributed by atoms with Crippen molar-refractivity contribution in [1.82, 2.24) is 15.3 Å². The van der Waals surface area contributed by atoms with Crippen molar-refractivity contribution in [2.75, 3.05) is 0 Å². The van der Waals surface area contributed by atoms with Crippen molar-refractivity contribution in [3.8, 4) is 0 Å². The minimum Gasteiger partial charge on any atom is -0.385 e. The van der Waals surface area contributed by atoms with Gasteiger partial charge in [-0.05, 0) is 43.4 Å². The zero-order valence-electron chi connectivity index (χ0n) is 11.4. The van der Waals surface area contributed by atoms with Gasteiger partial charge in [0.1, 0.15) is 0 Å². The first kappa shape index (κ1) is 12.2. The van der Waals surface area contributed by atoms with Gasteiger partial charge in [-0.3, -0.25) is 9.97 Å². The molecule has 1 aromatic heterocycles. The van der Waals surface area contributed by atoms with Gasteiger partial charge in [-0.1, -0.05) is 12.5 Å². The van der Waals surface area contributed by atoms with Gasteiger partial charge in [0, 0.05) is 24.5 Å². The van der Waals surface area contributed by atoms with Gasteiger partial charge in [0.2, 0.25) is 0 Å². The molecule has 4 heteroatoms. The summed E-state index contributed by atoms with van der Waals surface area (Å²) in [6.45, 7) is 0. The van der Waals surface area contributed by atoms with E-state index in [0.717, 1.165) is 29.4 Å². The fourth-order valence-corrected chi connectivity index (χ4v) is 3.82. The Balaban J connectivity index is 1.73. The first-order valence-corrected chi connectivity index (χ1v) is 7.43. The van der Waals surface area contributed by atoms with Gasteiger partial charge in [0.25, 0.3) is 0 Å². The molecule has 2 aromatic rings. The highest BCUT2D eigenvalue weighted by atomic mass is 16.3. The SMILES string of the molecule is OC1(c2ccc3nccnc3c2)CC2CCCC(C1)N2. The molecule has 3 heterocycles. The molecule has 2 unspecified atom stereocenters. The lowest BCUT2D eigenvalue weighted by molar-refractivity contribution is -0.0357. The van der Waals surface area contributed by atoms with Gasteiger partial charge in [-0.25, -0.2) is 0 Å². The number of fused-ring (bicyclic) bond motifs is 3. The molecule has 2 saturated heterocycles. The van der Waals surface area contributed by atoms with Crippen LogP contribution >= 0.6 is 0 Å². The Morgan fingerprint density at radius 3 is 2.50 bits per heavy atom. The molecule has 2 aliphatic rings. The Morgan fingerprint density at radius 2 is 1.75 bits per heavy atom. The largest absolute Gasteiger partial charge is 0.385 e. The van der Waals surface area contributed by atoms with Gasteiger partial charge in [0.15, 0.2) is 0 Å². The van der Waals surface area contributed by atoms with Crippen molar-refractivity contribution in [3.05, 3.63) is 36.2 Å². The summed E-state index contributed by atoms with van der Waals surface area (Å²) in [6.07, 6.45) is 8.63. The van der Waals surface area contributed by atoms with Crippen LogP contribution in [0.4, 0.5) is 0 Å². The number of hydrogen-bond donors (Lipinski definition) is 2. The van der Waals surface area contributed by atoms with Crippen molar-refractivity contribution in [2.24, 2.45) is 0 Å². The fraction of sp³-hybridized carbons (Fsp3) is 0.500. The number of aliphatic hydroxyl groups is 1. The zero-order valence-corrected chi connectivity index (χ0v) is 11.4. The normalized spacial score (nSPS) is 33.2. The summed E-state index contributed by atoms with van der Waals surface area (Å²) >= 11 is 0. The fourth-order valence-electron chi connectivity index (χ4n) is 3.82. The van der Waals surface area contributed by atoms with Crippen molar-refractivity contribution < 1.29 is 5.11 Å². The third-order valence-electron chi connectivity index (χ3n) is 4.75. The molecule has 2 atom stereocenters. The molecule has 0 radical (unpaired) electrons. The number of aromatic nitrogens is 2. The van der Waals surface area contributed by atoms with Gasteiger partial charge < -0.3 is 10.4 Å². The lowest BCUT2D eigenvalue weighted by Crippen LogP contribution is -2.54. The Kier molecular flexibility index (Phi) is 2.75. The Labute approximate surface area is 118 Å². The number of hydrogen-bond acceptors (Lipinski definition) is 4. The molecule has 0 spiro atoms. The quantitative estimate of drug-likeness (QED) is 0.832. The maximum Gasteiger partial charge on any atom is 0.0927 e. The van der Waals surface area contributed by atoms with Crippen molar-refractivity contribution >= 4 is 11.0 Å². The summed E-state index contributed by atoms with van der Waals surface area (Å²) in [6, 6.07) is 6.88. The minimum atomic E-state index is -0.716. The molecule has 20 heavy (non-hydrogen) atoms. The molecule has 1 aromatic carbocycles. The number of piperidine rings is 2. The topological polar surface area (TPSA) is 58.0 Å². The molecule has 0 saturated carbocycles. The smallest absolute Gasteiger partial charge is 0.0927 e. The second-order valence-corrected chi connectivity index (χ2v) is 6.19. The lowest BCUT2D eigenvalue weighted by atomic mass is 9.74. The third-order valence-corrected chi connectivity index (χ3v) is 4.75. The van der Waals surface area contributed by atoms with E-state index in [4.69, 9.17) is 0 Å². The van der Waals surface area contributed by atoms with E-state index in [1.54, 1.807) is 12.4 Å². The van der Waals surface area contributed by atoms with Crippen molar-refractivity contribution in [2.45, 2.75) is 49.8 Å². The highest BCUT2D eigenvalue weighted by Crippen LogP contribution is 2.40. The Bertz CT molecular complexity index is 630. The van der Waals surface area contributed by atoms with E-state index in [1.807, 2.05) is 18.2 Å². The standard InChI is InChI=1S/C16H19N3O/c20-16(9-12-2-1-3-13(10-16)19-12)11-4-5-14-15(8-11)18-7-6-17-14/h4-8,12-13,19-20H,1-3,9-10H2. The first-order valence-electron chi connectivity index (χ1n) is 7.43. The second-order valence-electron chi connectivity index (χ2n) is 6.19. The molecule has 2 N–H and O–H groups in total. The molecule has 2 bridgehead atoms. The average Bonchev–Trinajstić information content (AvgIpc) is 2.46. The molecular weight excluding hydrogens is 250 g/mol. The predicted octanol–water partition coefficient (Wildman–Crippen LogP) is 2.12. The molecule has 0 aliphatic carbocycles. The Morgan fingerprint density at radius 1 is 1.05 bits per heavy atom. The predicted molar refractivity (Wildman–Crippen MR) is 77.2 cm³/mol. The van der Waals surface area contributed by atoms with Crippen molar-refractivity contribution in [1.29, 1.82) is 0 Å². The first-order chi connectivity index (χ1) is 9.73. The molecular formula is C16H19N3O. The van der Waals surface area contributed by atoms with Crippen LogP contribution in [0.5, 0.6) is 0 Å². The van der Waals surface area contributed by atoms with Crippen LogP contribution in [0.2, 0.25) is 0 Å². The van der Waals surface area contributed by atoms with E-state index >= 15 is 0 Å².